The Morgan fingerprint density at radius 1 is 0.534 bits per heavy atom. The van der Waals surface area contributed by atoms with Crippen molar-refractivity contribution in [2.75, 3.05) is 45.8 Å². The molecular weight excluding hydrogens is 965 g/mol. The number of carbonyl (C=O) groups excluding carboxylic acids is 11. The van der Waals surface area contributed by atoms with E-state index < -0.39 is 164 Å². The second kappa shape index (κ2) is 32.1. The Kier molecular flexibility index (Phi) is 27.3. The Morgan fingerprint density at radius 3 is 1.47 bits per heavy atom. The number of hydrogen-bond donors (Lipinski definition) is 14. The van der Waals surface area contributed by atoms with Gasteiger partial charge in [0.1, 0.15) is 42.3 Å². The molecule has 29 nitrogen and oxygen atoms in total. The average molecular weight is 1040 g/mol. The van der Waals surface area contributed by atoms with E-state index in [0.29, 0.717) is 51.5 Å². The molecule has 2 heterocycles. The summed E-state index contributed by atoms with van der Waals surface area (Å²) in [6.45, 7) is 1.63. The lowest BCUT2D eigenvalue weighted by atomic mass is 10.1. The van der Waals surface area contributed by atoms with Crippen molar-refractivity contribution in [3.05, 3.63) is 0 Å². The first-order valence-electron chi connectivity index (χ1n) is 24.3. The zero-order chi connectivity index (χ0) is 54.8. The number of aliphatic carboxylic acids is 2. The molecule has 0 unspecified atom stereocenters. The van der Waals surface area contributed by atoms with Gasteiger partial charge in [-0.1, -0.05) is 0 Å². The number of primary amides is 1. The molecule has 0 bridgehead atoms. The van der Waals surface area contributed by atoms with Crippen molar-refractivity contribution in [2.24, 2.45) is 22.9 Å². The predicted molar refractivity (Wildman–Crippen MR) is 256 cm³/mol. The van der Waals surface area contributed by atoms with Crippen LogP contribution in [0.25, 0.3) is 0 Å². The second-order valence-electron chi connectivity index (χ2n) is 17.8. The highest BCUT2D eigenvalue weighted by Gasteiger charge is 2.42. The van der Waals surface area contributed by atoms with E-state index in [1.54, 1.807) is 0 Å². The third kappa shape index (κ3) is 22.1. The first-order valence-corrected chi connectivity index (χ1v) is 24.3. The smallest absolute Gasteiger partial charge is 0.326 e. The van der Waals surface area contributed by atoms with Gasteiger partial charge in [-0.3, -0.25) is 57.5 Å². The van der Waals surface area contributed by atoms with E-state index in [2.05, 4.69) is 42.5 Å². The van der Waals surface area contributed by atoms with Crippen molar-refractivity contribution in [3.63, 3.8) is 0 Å². The monoisotopic (exact) mass is 1040 g/mol. The van der Waals surface area contributed by atoms with E-state index >= 15 is 0 Å². The fourth-order valence-corrected chi connectivity index (χ4v) is 7.86. The number of unbranched alkanes of at least 4 members (excludes halogenated alkanes) is 2. The van der Waals surface area contributed by atoms with Crippen LogP contribution >= 0.6 is 0 Å². The van der Waals surface area contributed by atoms with Gasteiger partial charge in [-0.2, -0.15) is 0 Å². The number of rotatable bonds is 33. The van der Waals surface area contributed by atoms with Crippen LogP contribution in [0.3, 0.4) is 0 Å². The van der Waals surface area contributed by atoms with Crippen LogP contribution in [0.15, 0.2) is 0 Å². The van der Waals surface area contributed by atoms with Crippen molar-refractivity contribution >= 4 is 76.9 Å². The van der Waals surface area contributed by atoms with Crippen LogP contribution < -0.4 is 65.5 Å². The van der Waals surface area contributed by atoms with Gasteiger partial charge in [0, 0.05) is 25.9 Å². The van der Waals surface area contributed by atoms with Crippen molar-refractivity contribution in [1.82, 2.24) is 52.3 Å². The molecule has 0 spiro atoms. The van der Waals surface area contributed by atoms with Crippen LogP contribution in [-0.2, 0) is 62.3 Å². The predicted octanol–water partition coefficient (Wildman–Crippen LogP) is -6.42. The van der Waals surface area contributed by atoms with Gasteiger partial charge in [-0.25, -0.2) is 4.79 Å². The molecule has 73 heavy (non-hydrogen) atoms. The molecule has 2 aliphatic rings. The van der Waals surface area contributed by atoms with Gasteiger partial charge in [0.05, 0.1) is 25.7 Å². The van der Waals surface area contributed by atoms with Crippen LogP contribution in [0.5, 0.6) is 0 Å². The van der Waals surface area contributed by atoms with E-state index in [1.807, 2.05) is 0 Å². The van der Waals surface area contributed by atoms with Crippen molar-refractivity contribution in [2.45, 2.75) is 152 Å². The zero-order valence-electron chi connectivity index (χ0n) is 41.4. The van der Waals surface area contributed by atoms with Gasteiger partial charge < -0.3 is 85.5 Å². The van der Waals surface area contributed by atoms with Gasteiger partial charge in [0.2, 0.25) is 65.0 Å². The van der Waals surface area contributed by atoms with E-state index in [0.717, 1.165) is 0 Å². The number of carboxylic acid groups (broad SMARTS) is 2. The summed E-state index contributed by atoms with van der Waals surface area (Å²) < 4.78 is 0. The maximum absolute atomic E-state index is 13.6. The van der Waals surface area contributed by atoms with Gasteiger partial charge in [-0.05, 0) is 104 Å². The average Bonchev–Trinajstić information content (AvgIpc) is 4.05. The molecule has 0 aliphatic carbocycles. The minimum absolute atomic E-state index is 0.0392. The number of carboxylic acids is 2. The number of nitrogens with one attached hydrogen (secondary N) is 8. The fourth-order valence-electron chi connectivity index (χ4n) is 7.86. The molecule has 2 saturated heterocycles. The Morgan fingerprint density at radius 2 is 0.986 bits per heavy atom. The standard InChI is InChI=1S/C44H74N14O15/c1-24(47)37(65)55-26(9-3-5-17-45)39(67)49-22-34(61)54-29(14-16-36(63)64)42(70)56-27(10-4-6-18-46)40(68)50-21-33(60)53-28(13-15-32(48)59)41(69)52-25(2)38(66)51-23-35(62)57-19-7-11-30(57)43(71)58-20-8-12-31(58)44(72)73/h24-31H,3-23,45-47H2,1-2H3,(H2,48,59)(H,49,67)(H,50,68)(H,51,66)(H,52,69)(H,53,60)(H,54,61)(H,55,65)(H,56,70)(H,63,64)(H,72,73)/t24-,25-,26-,27-,28-,29-,30-,31-/m0/s1. The molecule has 18 N–H and O–H groups in total. The molecule has 2 fully saturated rings. The summed E-state index contributed by atoms with van der Waals surface area (Å²) in [7, 11) is 0. The number of carbonyl (C=O) groups is 13. The van der Waals surface area contributed by atoms with E-state index in [1.165, 1.54) is 23.6 Å². The molecule has 29 heteroatoms. The Balaban J connectivity index is 2.07. The molecule has 0 saturated carbocycles. The van der Waals surface area contributed by atoms with Crippen LogP contribution in [0, 0.1) is 0 Å². The minimum Gasteiger partial charge on any atom is -0.481 e. The number of nitrogens with zero attached hydrogens (tertiary/aromatic N) is 2. The first-order chi connectivity index (χ1) is 34.5. The molecule has 410 valence electrons. The summed E-state index contributed by atoms with van der Waals surface area (Å²) in [5, 5.41) is 38.0. The molecule has 2 aliphatic heterocycles. The highest BCUT2D eigenvalue weighted by Crippen LogP contribution is 2.25. The molecule has 2 rings (SSSR count). The third-order valence-electron chi connectivity index (χ3n) is 11.9. The Hall–Kier alpha value is -7.01. The van der Waals surface area contributed by atoms with Gasteiger partial charge in [0.25, 0.3) is 0 Å². The summed E-state index contributed by atoms with van der Waals surface area (Å²) in [4.78, 5) is 168. The molecule has 11 amide bonds. The van der Waals surface area contributed by atoms with Gasteiger partial charge >= 0.3 is 11.9 Å². The Bertz CT molecular complexity index is 1990. The molecule has 8 atom stereocenters. The summed E-state index contributed by atoms with van der Waals surface area (Å²) in [5.41, 5.74) is 22.1. The molecule has 0 aromatic rings. The quantitative estimate of drug-likeness (QED) is 0.0272. The third-order valence-corrected chi connectivity index (χ3v) is 11.9. The van der Waals surface area contributed by atoms with Crippen molar-refractivity contribution < 1.29 is 72.5 Å². The van der Waals surface area contributed by atoms with Crippen LogP contribution in [0.1, 0.15) is 104 Å². The van der Waals surface area contributed by atoms with Gasteiger partial charge in [-0.15, -0.1) is 0 Å². The topological polar surface area (TPSA) is 469 Å². The number of amides is 11. The minimum atomic E-state index is -1.54. The molecule has 0 aromatic heterocycles. The highest BCUT2D eigenvalue weighted by molar-refractivity contribution is 5.97. The summed E-state index contributed by atoms with van der Waals surface area (Å²) in [5.74, 6) is -11.3. The summed E-state index contributed by atoms with van der Waals surface area (Å²) >= 11 is 0. The van der Waals surface area contributed by atoms with Gasteiger partial charge in [0.15, 0.2) is 0 Å². The molecular formula is C44H74N14O15. The lowest BCUT2D eigenvalue weighted by Crippen LogP contribution is -2.57. The zero-order valence-corrected chi connectivity index (χ0v) is 41.4. The molecule has 0 aromatic carbocycles. The van der Waals surface area contributed by atoms with E-state index in [4.69, 9.17) is 22.9 Å². The van der Waals surface area contributed by atoms with E-state index in [-0.39, 0.29) is 45.3 Å². The van der Waals surface area contributed by atoms with Crippen LogP contribution in [-0.4, -0.2) is 191 Å². The summed E-state index contributed by atoms with van der Waals surface area (Å²) in [6, 6.07) is -9.60. The second-order valence-corrected chi connectivity index (χ2v) is 17.8. The van der Waals surface area contributed by atoms with Crippen molar-refractivity contribution in [1.29, 1.82) is 0 Å². The number of nitrogens with two attached hydrogens (primary N) is 4. The lowest BCUT2D eigenvalue weighted by molar-refractivity contribution is -0.151. The SMILES string of the molecule is C[C@H](N)C(=O)N[C@@H](CCCCN)C(=O)NCC(=O)N[C@@H](CCC(=O)O)C(=O)N[C@@H](CCCCN)C(=O)NCC(=O)N[C@@H](CCC(N)=O)C(=O)N[C@@H](C)C(=O)NCC(=O)N1CCC[C@H]1C(=O)N1CCC[C@H]1C(=O)O. The fraction of sp³-hybridized carbons (Fsp3) is 0.705. The highest BCUT2D eigenvalue weighted by atomic mass is 16.4. The summed E-state index contributed by atoms with van der Waals surface area (Å²) in [6.07, 6.45) is 1.60. The largest absolute Gasteiger partial charge is 0.481 e. The van der Waals surface area contributed by atoms with E-state index in [9.17, 15) is 72.5 Å². The lowest BCUT2D eigenvalue weighted by Gasteiger charge is -2.30. The van der Waals surface area contributed by atoms with Crippen molar-refractivity contribution in [3.8, 4) is 0 Å². The normalized spacial score (nSPS) is 17.5. The molecule has 0 radical (unpaired) electrons. The maximum atomic E-state index is 13.6. The van der Waals surface area contributed by atoms with Crippen LogP contribution in [0.2, 0.25) is 0 Å². The van der Waals surface area contributed by atoms with Crippen LogP contribution in [0.4, 0.5) is 0 Å². The Labute approximate surface area is 421 Å². The first kappa shape index (κ1) is 62.1. The maximum Gasteiger partial charge on any atom is 0.326 e. The number of hydrogen-bond acceptors (Lipinski definition) is 16. The number of likely N-dealkylation sites (tertiary alicyclic amines) is 2.